The Hall–Kier alpha value is -3.82. The van der Waals surface area contributed by atoms with Gasteiger partial charge < -0.3 is 0 Å². The lowest BCUT2D eigenvalue weighted by molar-refractivity contribution is 1.24. The van der Waals surface area contributed by atoms with E-state index in [1.807, 2.05) is 34.8 Å². The van der Waals surface area contributed by atoms with E-state index in [0.29, 0.717) is 0 Å². The zero-order valence-corrected chi connectivity index (χ0v) is 23.6. The third kappa shape index (κ3) is 3.99. The lowest BCUT2D eigenvalue weighted by Gasteiger charge is -2.10. The molecular formula is C31H18N4S4. The number of benzene rings is 2. The van der Waals surface area contributed by atoms with Crippen molar-refractivity contribution in [3.05, 3.63) is 118 Å². The van der Waals surface area contributed by atoms with E-state index < -0.39 is 0 Å². The fraction of sp³-hybridized carbons (Fsp3) is 0.0323. The molecule has 0 saturated heterocycles. The highest BCUT2D eigenvalue weighted by atomic mass is 32.1. The summed E-state index contributed by atoms with van der Waals surface area (Å²) in [7, 11) is 0. The zero-order chi connectivity index (χ0) is 25.8. The molecule has 4 nitrogen and oxygen atoms in total. The molecule has 0 atom stereocenters. The van der Waals surface area contributed by atoms with Gasteiger partial charge in [0.2, 0.25) is 0 Å². The average Bonchev–Trinajstić information content (AvgIpc) is 3.76. The smallest absolute Gasteiger partial charge is 0.113 e. The summed E-state index contributed by atoms with van der Waals surface area (Å²) in [4.78, 5) is 4.97. The molecular weight excluding hydrogens is 557 g/mol. The Kier molecular flexibility index (Phi) is 5.58. The summed E-state index contributed by atoms with van der Waals surface area (Å²) >= 11 is 6.17. The van der Waals surface area contributed by atoms with Crippen molar-refractivity contribution in [2.45, 2.75) is 6.42 Å². The van der Waals surface area contributed by atoms with Crippen molar-refractivity contribution in [2.24, 2.45) is 0 Å². The number of fused-ring (bicyclic) bond motifs is 4. The number of thiophene rings is 2. The second kappa shape index (κ2) is 9.43. The number of rotatable bonds is 4. The van der Waals surface area contributed by atoms with Gasteiger partial charge in [0.15, 0.2) is 0 Å². The predicted molar refractivity (Wildman–Crippen MR) is 167 cm³/mol. The van der Waals surface area contributed by atoms with Crippen molar-refractivity contribution in [3.8, 4) is 20.9 Å². The highest BCUT2D eigenvalue weighted by molar-refractivity contribution is 7.17. The monoisotopic (exact) mass is 574 g/mol. The van der Waals surface area contributed by atoms with Gasteiger partial charge in [-0.05, 0) is 65.1 Å². The van der Waals surface area contributed by atoms with Gasteiger partial charge in [0.05, 0.1) is 23.5 Å². The van der Waals surface area contributed by atoms with Crippen LogP contribution in [-0.4, -0.2) is 17.5 Å². The molecule has 4 aromatic heterocycles. The Morgan fingerprint density at radius 1 is 0.564 bits per heavy atom. The van der Waals surface area contributed by atoms with Crippen LogP contribution in [-0.2, 0) is 0 Å². The number of hydrogen-bond donors (Lipinski definition) is 0. The van der Waals surface area contributed by atoms with Gasteiger partial charge in [0, 0.05) is 30.6 Å². The molecule has 2 aromatic carbocycles. The second-order valence-corrected chi connectivity index (χ2v) is 12.5. The summed E-state index contributed by atoms with van der Waals surface area (Å²) in [5, 5.41) is 0. The molecule has 0 saturated carbocycles. The summed E-state index contributed by atoms with van der Waals surface area (Å²) in [6.45, 7) is 0. The van der Waals surface area contributed by atoms with Crippen LogP contribution in [0.4, 0.5) is 0 Å². The molecule has 0 spiro atoms. The Labute approximate surface area is 241 Å². The van der Waals surface area contributed by atoms with Crippen LogP contribution in [0.5, 0.6) is 0 Å². The minimum atomic E-state index is 0.891. The maximum absolute atomic E-state index is 4.54. The predicted octanol–water partition coefficient (Wildman–Crippen LogP) is 9.45. The standard InChI is InChI=1S/C31H18N4S4/c1-5-18-17-19(20(7-1)26-13-15-28(36-26)22-9-3-11-24-30(22)34-38-32-24)6-2-8-21(18)27-14-16-29(37-27)23-10-4-12-25-31(23)35-39-33-25/h1-16H,17H2. The van der Waals surface area contributed by atoms with Crippen molar-refractivity contribution in [2.75, 3.05) is 0 Å². The Morgan fingerprint density at radius 2 is 1.18 bits per heavy atom. The average molecular weight is 575 g/mol. The molecule has 0 fully saturated rings. The second-order valence-electron chi connectivity index (χ2n) is 9.31. The van der Waals surface area contributed by atoms with Crippen molar-refractivity contribution < 1.29 is 0 Å². The Morgan fingerprint density at radius 3 is 1.90 bits per heavy atom. The van der Waals surface area contributed by atoms with Gasteiger partial charge >= 0.3 is 0 Å². The summed E-state index contributed by atoms with van der Waals surface area (Å²) in [6.07, 6.45) is 14.3. The largest absolute Gasteiger partial charge is 0.173 e. The van der Waals surface area contributed by atoms with E-state index in [9.17, 15) is 0 Å². The van der Waals surface area contributed by atoms with Crippen LogP contribution in [0.3, 0.4) is 0 Å². The molecule has 39 heavy (non-hydrogen) atoms. The minimum absolute atomic E-state index is 0.891. The van der Waals surface area contributed by atoms with E-state index >= 15 is 0 Å². The highest BCUT2D eigenvalue weighted by Gasteiger charge is 2.20. The molecule has 6 aromatic rings. The normalized spacial score (nSPS) is 15.1. The van der Waals surface area contributed by atoms with E-state index in [1.165, 1.54) is 65.3 Å². The van der Waals surface area contributed by atoms with E-state index in [0.717, 1.165) is 39.6 Å². The van der Waals surface area contributed by atoms with Crippen molar-refractivity contribution in [1.82, 2.24) is 17.5 Å². The van der Waals surface area contributed by atoms with Crippen LogP contribution in [0.25, 0.3) is 54.1 Å². The molecule has 0 N–H and O–H groups in total. The summed E-state index contributed by atoms with van der Waals surface area (Å²) < 4.78 is 17.9. The number of hydrogen-bond acceptors (Lipinski definition) is 8. The topological polar surface area (TPSA) is 51.6 Å². The first-order valence-electron chi connectivity index (χ1n) is 12.4. The van der Waals surface area contributed by atoms with Gasteiger partial charge in [-0.3, -0.25) is 0 Å². The molecule has 0 unspecified atom stereocenters. The lowest BCUT2D eigenvalue weighted by Crippen LogP contribution is -1.89. The van der Waals surface area contributed by atoms with Crippen molar-refractivity contribution >= 4 is 79.3 Å². The number of allylic oxidation sites excluding steroid dienone is 10. The highest BCUT2D eigenvalue weighted by Crippen LogP contribution is 2.43. The molecule has 0 aliphatic heterocycles. The number of nitrogens with zero attached hydrogens (tertiary/aromatic N) is 4. The first-order valence-corrected chi connectivity index (χ1v) is 15.5. The van der Waals surface area contributed by atoms with Gasteiger partial charge in [0.1, 0.15) is 22.1 Å². The summed E-state index contributed by atoms with van der Waals surface area (Å²) in [5.41, 5.74) is 11.4. The molecule has 2 aliphatic carbocycles. The summed E-state index contributed by atoms with van der Waals surface area (Å²) in [6, 6.07) is 21.4. The Balaban J connectivity index is 1.12. The third-order valence-corrected chi connectivity index (χ3v) is 10.4. The van der Waals surface area contributed by atoms with E-state index in [-0.39, 0.29) is 0 Å². The van der Waals surface area contributed by atoms with Crippen LogP contribution in [0.15, 0.2) is 108 Å². The summed E-state index contributed by atoms with van der Waals surface area (Å²) in [5.74, 6) is 0. The quantitative estimate of drug-likeness (QED) is 0.210. The zero-order valence-electron chi connectivity index (χ0n) is 20.4. The van der Waals surface area contributed by atoms with Crippen molar-refractivity contribution in [3.63, 3.8) is 0 Å². The van der Waals surface area contributed by atoms with Crippen LogP contribution >= 0.6 is 46.1 Å². The molecule has 0 radical (unpaired) electrons. The van der Waals surface area contributed by atoms with Crippen LogP contribution in [0, 0.1) is 0 Å². The maximum Gasteiger partial charge on any atom is 0.113 e. The fourth-order valence-corrected chi connectivity index (χ4v) is 8.46. The molecule has 4 heterocycles. The molecule has 8 rings (SSSR count). The van der Waals surface area contributed by atoms with Gasteiger partial charge in [-0.2, -0.15) is 17.5 Å². The first kappa shape index (κ1) is 23.1. The van der Waals surface area contributed by atoms with Crippen LogP contribution < -0.4 is 0 Å². The third-order valence-electron chi connectivity index (χ3n) is 7.04. The number of aromatic nitrogens is 4. The van der Waals surface area contributed by atoms with Gasteiger partial charge in [-0.25, -0.2) is 0 Å². The fourth-order valence-electron chi connectivity index (χ4n) is 5.17. The van der Waals surface area contributed by atoms with Gasteiger partial charge in [-0.15, -0.1) is 22.7 Å². The minimum Gasteiger partial charge on any atom is -0.173 e. The first-order chi connectivity index (χ1) is 19.3. The van der Waals surface area contributed by atoms with Crippen LogP contribution in [0.1, 0.15) is 16.2 Å². The van der Waals surface area contributed by atoms with Gasteiger partial charge in [0.25, 0.3) is 0 Å². The van der Waals surface area contributed by atoms with Gasteiger partial charge in [-0.1, -0.05) is 60.7 Å². The molecule has 186 valence electrons. The molecule has 8 heteroatoms. The Bertz CT molecular complexity index is 2060. The van der Waals surface area contributed by atoms with Crippen molar-refractivity contribution in [1.29, 1.82) is 0 Å². The molecule has 2 bridgehead atoms. The SMILES string of the molecule is C1=CC2=C(c3ccc(-c4cccc5nsnc45)s3)C=CC=C(C2)C(c2ccc(-c3cccc4nsnc34)s2)=C1. The van der Waals surface area contributed by atoms with E-state index in [4.69, 9.17) is 0 Å². The molecule has 0 amide bonds. The van der Waals surface area contributed by atoms with E-state index in [2.05, 4.69) is 102 Å². The van der Waals surface area contributed by atoms with Crippen LogP contribution in [0.2, 0.25) is 0 Å². The molecule has 2 aliphatic rings. The van der Waals surface area contributed by atoms with E-state index in [1.54, 1.807) is 0 Å². The lowest BCUT2D eigenvalue weighted by atomic mass is 9.97. The maximum atomic E-state index is 4.54.